The molecule has 104 valence electrons. The average Bonchev–Trinajstić information content (AvgIpc) is 3.10. The summed E-state index contributed by atoms with van der Waals surface area (Å²) < 4.78 is 3.03. The molecule has 0 amide bonds. The third-order valence-electron chi connectivity index (χ3n) is 3.16. The number of halogens is 1. The van der Waals surface area contributed by atoms with Crippen molar-refractivity contribution in [1.29, 1.82) is 0 Å². The molecule has 4 aromatic rings. The second-order valence-corrected chi connectivity index (χ2v) is 6.37. The quantitative estimate of drug-likeness (QED) is 0.605. The van der Waals surface area contributed by atoms with Gasteiger partial charge >= 0.3 is 0 Å². The van der Waals surface area contributed by atoms with E-state index in [2.05, 4.69) is 36.2 Å². The third-order valence-corrected chi connectivity index (χ3v) is 4.45. The Kier molecular flexibility index (Phi) is 3.08. The molecule has 0 aliphatic rings. The van der Waals surface area contributed by atoms with E-state index in [1.807, 2.05) is 40.4 Å². The number of nitrogens with zero attached hydrogens (tertiary/aromatic N) is 4. The Labute approximate surface area is 132 Å². The van der Waals surface area contributed by atoms with Crippen molar-refractivity contribution < 1.29 is 0 Å². The average molecular weight is 360 g/mol. The van der Waals surface area contributed by atoms with Crippen molar-refractivity contribution in [2.75, 3.05) is 5.32 Å². The van der Waals surface area contributed by atoms with Gasteiger partial charge in [-0.1, -0.05) is 0 Å². The van der Waals surface area contributed by atoms with Gasteiger partial charge in [-0.3, -0.25) is 0 Å². The molecule has 0 bridgehead atoms. The molecule has 0 aliphatic heterocycles. The van der Waals surface area contributed by atoms with Crippen LogP contribution >= 0.6 is 27.3 Å². The van der Waals surface area contributed by atoms with Crippen LogP contribution in [-0.2, 0) is 6.54 Å². The predicted octanol–water partition coefficient (Wildman–Crippen LogP) is 3.71. The van der Waals surface area contributed by atoms with Crippen LogP contribution in [0.2, 0.25) is 0 Å². The molecule has 0 spiro atoms. The smallest absolute Gasteiger partial charge is 0.138 e. The second kappa shape index (κ2) is 5.09. The van der Waals surface area contributed by atoms with Crippen LogP contribution < -0.4 is 5.32 Å². The van der Waals surface area contributed by atoms with E-state index < -0.39 is 0 Å². The topological polar surface area (TPSA) is 55.1 Å². The number of imidazole rings is 1. The molecule has 0 saturated carbocycles. The van der Waals surface area contributed by atoms with Crippen LogP contribution in [-0.4, -0.2) is 19.4 Å². The highest BCUT2D eigenvalue weighted by Crippen LogP contribution is 2.24. The number of nitrogens with one attached hydrogen (secondary N) is 1. The molecule has 0 fully saturated rings. The molecule has 5 nitrogen and oxygen atoms in total. The number of hydrogen-bond acceptors (Lipinski definition) is 5. The normalized spacial score (nSPS) is 11.3. The van der Waals surface area contributed by atoms with Crippen LogP contribution in [0.4, 0.5) is 5.82 Å². The molecular weight excluding hydrogens is 350 g/mol. The third kappa shape index (κ3) is 2.38. The minimum Gasteiger partial charge on any atom is -0.364 e. The van der Waals surface area contributed by atoms with Crippen LogP contribution in [0.15, 0.2) is 46.8 Å². The van der Waals surface area contributed by atoms with Crippen molar-refractivity contribution >= 4 is 48.9 Å². The highest BCUT2D eigenvalue weighted by Gasteiger charge is 2.06. The predicted molar refractivity (Wildman–Crippen MR) is 87.6 cm³/mol. The van der Waals surface area contributed by atoms with E-state index in [4.69, 9.17) is 0 Å². The van der Waals surface area contributed by atoms with Crippen molar-refractivity contribution in [2.45, 2.75) is 6.54 Å². The molecule has 0 radical (unpaired) electrons. The Bertz CT molecular complexity index is 929. The summed E-state index contributed by atoms with van der Waals surface area (Å²) in [5.74, 6) is 0.847. The van der Waals surface area contributed by atoms with E-state index in [1.54, 1.807) is 17.7 Å². The van der Waals surface area contributed by atoms with Gasteiger partial charge in [0.25, 0.3) is 0 Å². The van der Waals surface area contributed by atoms with Gasteiger partial charge in [0.1, 0.15) is 22.6 Å². The maximum atomic E-state index is 4.58. The van der Waals surface area contributed by atoms with Gasteiger partial charge in [0, 0.05) is 16.9 Å². The molecule has 4 heterocycles. The van der Waals surface area contributed by atoms with Crippen LogP contribution in [0.1, 0.15) is 5.69 Å². The SMILES string of the molecule is Brc1ccc2nc(CNc3ncnc4sccc34)cn2c1. The maximum absolute atomic E-state index is 4.58. The number of anilines is 1. The van der Waals surface area contributed by atoms with Crippen LogP contribution in [0, 0.1) is 0 Å². The zero-order valence-corrected chi connectivity index (χ0v) is 13.2. The van der Waals surface area contributed by atoms with Gasteiger partial charge in [-0.05, 0) is 39.5 Å². The van der Waals surface area contributed by atoms with Gasteiger partial charge in [-0.15, -0.1) is 11.3 Å². The summed E-state index contributed by atoms with van der Waals surface area (Å²) in [6.45, 7) is 0.626. The maximum Gasteiger partial charge on any atom is 0.138 e. The summed E-state index contributed by atoms with van der Waals surface area (Å²) in [7, 11) is 0. The van der Waals surface area contributed by atoms with Gasteiger partial charge < -0.3 is 9.72 Å². The van der Waals surface area contributed by atoms with E-state index >= 15 is 0 Å². The molecule has 0 aliphatic carbocycles. The van der Waals surface area contributed by atoms with E-state index in [0.717, 1.165) is 31.8 Å². The van der Waals surface area contributed by atoms with E-state index in [1.165, 1.54) is 0 Å². The highest BCUT2D eigenvalue weighted by atomic mass is 79.9. The Morgan fingerprint density at radius 1 is 1.19 bits per heavy atom. The summed E-state index contributed by atoms with van der Waals surface area (Å²) in [5.41, 5.74) is 1.90. The zero-order chi connectivity index (χ0) is 14.2. The first kappa shape index (κ1) is 12.7. The molecular formula is C14H10BrN5S. The van der Waals surface area contributed by atoms with Gasteiger partial charge in [-0.2, -0.15) is 0 Å². The fourth-order valence-corrected chi connectivity index (χ4v) is 3.29. The first-order valence-electron chi connectivity index (χ1n) is 6.35. The van der Waals surface area contributed by atoms with Gasteiger partial charge in [0.15, 0.2) is 0 Å². The summed E-state index contributed by atoms with van der Waals surface area (Å²) in [6, 6.07) is 6.00. The zero-order valence-electron chi connectivity index (χ0n) is 10.8. The monoisotopic (exact) mass is 359 g/mol. The summed E-state index contributed by atoms with van der Waals surface area (Å²) in [5, 5.41) is 6.40. The molecule has 4 rings (SSSR count). The Morgan fingerprint density at radius 2 is 2.14 bits per heavy atom. The van der Waals surface area contributed by atoms with Crippen molar-refractivity contribution in [3.63, 3.8) is 0 Å². The molecule has 0 saturated heterocycles. The van der Waals surface area contributed by atoms with Gasteiger partial charge in [0.05, 0.1) is 17.6 Å². The minimum atomic E-state index is 0.626. The standard InChI is InChI=1S/C14H10BrN5S/c15-9-1-2-12-19-10(7-20(12)6-9)5-16-13-11-3-4-21-14(11)18-8-17-13/h1-4,6-8H,5H2,(H,16,17,18). The first-order chi connectivity index (χ1) is 10.3. The van der Waals surface area contributed by atoms with E-state index in [0.29, 0.717) is 6.54 Å². The first-order valence-corrected chi connectivity index (χ1v) is 8.02. The minimum absolute atomic E-state index is 0.626. The number of fused-ring (bicyclic) bond motifs is 2. The number of thiophene rings is 1. The molecule has 1 N–H and O–H groups in total. The lowest BCUT2D eigenvalue weighted by Gasteiger charge is -2.03. The van der Waals surface area contributed by atoms with Crippen molar-refractivity contribution in [3.05, 3.63) is 52.5 Å². The van der Waals surface area contributed by atoms with Crippen LogP contribution in [0.25, 0.3) is 15.9 Å². The van der Waals surface area contributed by atoms with Crippen LogP contribution in [0.5, 0.6) is 0 Å². The number of pyridine rings is 1. The van der Waals surface area contributed by atoms with Crippen molar-refractivity contribution in [2.24, 2.45) is 0 Å². The van der Waals surface area contributed by atoms with Crippen LogP contribution in [0.3, 0.4) is 0 Å². The van der Waals surface area contributed by atoms with Gasteiger partial charge in [-0.25, -0.2) is 15.0 Å². The summed E-state index contributed by atoms with van der Waals surface area (Å²) in [6.07, 6.45) is 5.59. The fraction of sp³-hybridized carbons (Fsp3) is 0.0714. The summed E-state index contributed by atoms with van der Waals surface area (Å²) in [4.78, 5) is 14.1. The molecule has 7 heteroatoms. The van der Waals surface area contributed by atoms with Crippen molar-refractivity contribution in [3.8, 4) is 0 Å². The Morgan fingerprint density at radius 3 is 3.10 bits per heavy atom. The lowest BCUT2D eigenvalue weighted by molar-refractivity contribution is 1.06. The fourth-order valence-electron chi connectivity index (χ4n) is 2.21. The van der Waals surface area contributed by atoms with E-state index in [9.17, 15) is 0 Å². The molecule has 0 aromatic carbocycles. The molecule has 21 heavy (non-hydrogen) atoms. The highest BCUT2D eigenvalue weighted by molar-refractivity contribution is 9.10. The van der Waals surface area contributed by atoms with Crippen molar-refractivity contribution in [1.82, 2.24) is 19.4 Å². The molecule has 0 unspecified atom stereocenters. The van der Waals surface area contributed by atoms with E-state index in [-0.39, 0.29) is 0 Å². The van der Waals surface area contributed by atoms with Gasteiger partial charge in [0.2, 0.25) is 0 Å². The summed E-state index contributed by atoms with van der Waals surface area (Å²) >= 11 is 5.07. The largest absolute Gasteiger partial charge is 0.364 e. The molecule has 4 aromatic heterocycles. The molecule has 0 atom stereocenters. The number of aromatic nitrogens is 4. The lowest BCUT2D eigenvalue weighted by atomic mass is 10.3. The Hall–Kier alpha value is -1.99. The number of rotatable bonds is 3. The second-order valence-electron chi connectivity index (χ2n) is 4.56. The Balaban J connectivity index is 1.61. The number of hydrogen-bond donors (Lipinski definition) is 1. The lowest BCUT2D eigenvalue weighted by Crippen LogP contribution is -2.02.